The molecule has 0 aliphatic carbocycles. The molecule has 0 heterocycles. The normalized spacial score (nSPS) is 14.2. The standard InChI is InChI=1S/C7H9FNO3P/c8-6-3-1-2-5(4-6)7(9)13(10,11)12/h1-4,7H,9H2,(H2,10,11,12)/t7-/m0/s1. The second-order valence-corrected chi connectivity index (χ2v) is 4.32. The Morgan fingerprint density at radius 1 is 1.46 bits per heavy atom. The number of hydrogen-bond donors (Lipinski definition) is 3. The second kappa shape index (κ2) is 3.55. The van der Waals surface area contributed by atoms with Gasteiger partial charge in [0.15, 0.2) is 0 Å². The van der Waals surface area contributed by atoms with Gasteiger partial charge in [-0.1, -0.05) is 12.1 Å². The van der Waals surface area contributed by atoms with Crippen molar-refractivity contribution in [2.24, 2.45) is 5.73 Å². The minimum atomic E-state index is -4.39. The summed E-state index contributed by atoms with van der Waals surface area (Å²) in [5.74, 6) is -2.02. The van der Waals surface area contributed by atoms with Gasteiger partial charge >= 0.3 is 7.60 Å². The van der Waals surface area contributed by atoms with Crippen LogP contribution in [0.5, 0.6) is 0 Å². The molecule has 0 saturated carbocycles. The molecule has 0 fully saturated rings. The summed E-state index contributed by atoms with van der Waals surface area (Å²) in [5, 5.41) is 0. The summed E-state index contributed by atoms with van der Waals surface area (Å²) in [4.78, 5) is 17.4. The maximum absolute atomic E-state index is 12.6. The van der Waals surface area contributed by atoms with E-state index in [1.165, 1.54) is 18.2 Å². The Balaban J connectivity index is 3.02. The molecule has 6 heteroatoms. The van der Waals surface area contributed by atoms with Crippen molar-refractivity contribution in [3.63, 3.8) is 0 Å². The maximum atomic E-state index is 12.6. The first kappa shape index (κ1) is 10.3. The molecular weight excluding hydrogens is 196 g/mol. The molecule has 72 valence electrons. The fourth-order valence-corrected chi connectivity index (χ4v) is 1.43. The zero-order chi connectivity index (χ0) is 10.1. The van der Waals surface area contributed by atoms with Crippen molar-refractivity contribution in [2.75, 3.05) is 0 Å². The molecule has 0 saturated heterocycles. The van der Waals surface area contributed by atoms with E-state index < -0.39 is 19.2 Å². The third-order valence-electron chi connectivity index (χ3n) is 1.55. The highest BCUT2D eigenvalue weighted by Crippen LogP contribution is 2.47. The van der Waals surface area contributed by atoms with Crippen LogP contribution >= 0.6 is 7.60 Å². The number of rotatable bonds is 2. The summed E-state index contributed by atoms with van der Waals surface area (Å²) < 4.78 is 23.3. The summed E-state index contributed by atoms with van der Waals surface area (Å²) in [6, 6.07) is 4.90. The average Bonchev–Trinajstić information content (AvgIpc) is 2.01. The van der Waals surface area contributed by atoms with E-state index in [9.17, 15) is 8.96 Å². The third kappa shape index (κ3) is 2.60. The van der Waals surface area contributed by atoms with Crippen molar-refractivity contribution in [3.05, 3.63) is 35.6 Å². The fourth-order valence-electron chi connectivity index (χ4n) is 0.885. The van der Waals surface area contributed by atoms with Gasteiger partial charge in [0.2, 0.25) is 0 Å². The van der Waals surface area contributed by atoms with E-state index in [0.717, 1.165) is 6.07 Å². The monoisotopic (exact) mass is 205 g/mol. The van der Waals surface area contributed by atoms with Gasteiger partial charge in [-0.05, 0) is 17.7 Å². The Morgan fingerprint density at radius 2 is 2.08 bits per heavy atom. The zero-order valence-corrected chi connectivity index (χ0v) is 7.49. The van der Waals surface area contributed by atoms with Crippen LogP contribution in [-0.4, -0.2) is 9.79 Å². The topological polar surface area (TPSA) is 83.6 Å². The molecule has 0 spiro atoms. The van der Waals surface area contributed by atoms with Crippen LogP contribution in [0.4, 0.5) is 4.39 Å². The largest absolute Gasteiger partial charge is 0.346 e. The first-order valence-corrected chi connectivity index (χ1v) is 5.15. The number of nitrogens with two attached hydrogens (primary N) is 1. The number of halogens is 1. The number of hydrogen-bond acceptors (Lipinski definition) is 2. The molecule has 1 aromatic rings. The Hall–Kier alpha value is -0.740. The minimum absolute atomic E-state index is 0.0910. The van der Waals surface area contributed by atoms with Crippen molar-refractivity contribution >= 4 is 7.60 Å². The second-order valence-electron chi connectivity index (χ2n) is 2.59. The van der Waals surface area contributed by atoms with Crippen LogP contribution in [0.15, 0.2) is 24.3 Å². The first-order chi connectivity index (χ1) is 5.91. The summed E-state index contributed by atoms with van der Waals surface area (Å²) in [6.07, 6.45) is 0. The van der Waals surface area contributed by atoms with Gasteiger partial charge in [-0.15, -0.1) is 0 Å². The molecule has 0 amide bonds. The SMILES string of the molecule is N[C@H](c1cccc(F)c1)P(=O)(O)O. The molecule has 13 heavy (non-hydrogen) atoms. The van der Waals surface area contributed by atoms with E-state index in [0.29, 0.717) is 0 Å². The maximum Gasteiger partial charge on any atom is 0.346 e. The van der Waals surface area contributed by atoms with Gasteiger partial charge in [-0.2, -0.15) is 0 Å². The van der Waals surface area contributed by atoms with Gasteiger partial charge in [-0.3, -0.25) is 4.57 Å². The van der Waals surface area contributed by atoms with Crippen LogP contribution in [0.1, 0.15) is 11.3 Å². The predicted octanol–water partition coefficient (Wildman–Crippen LogP) is 0.961. The van der Waals surface area contributed by atoms with E-state index in [1.807, 2.05) is 0 Å². The highest BCUT2D eigenvalue weighted by atomic mass is 31.2. The Kier molecular flexibility index (Phi) is 2.83. The Bertz CT molecular complexity index is 351. The van der Waals surface area contributed by atoms with Crippen molar-refractivity contribution in [1.82, 2.24) is 0 Å². The first-order valence-electron chi connectivity index (χ1n) is 3.47. The van der Waals surface area contributed by atoms with Gasteiger partial charge in [0, 0.05) is 0 Å². The van der Waals surface area contributed by atoms with Crippen molar-refractivity contribution in [2.45, 2.75) is 5.78 Å². The van der Waals surface area contributed by atoms with Crippen molar-refractivity contribution in [3.8, 4) is 0 Å². The van der Waals surface area contributed by atoms with Crippen LogP contribution in [0.2, 0.25) is 0 Å². The van der Waals surface area contributed by atoms with Gasteiger partial charge in [0.1, 0.15) is 11.6 Å². The summed E-state index contributed by atoms with van der Waals surface area (Å²) in [6.45, 7) is 0. The molecule has 4 nitrogen and oxygen atoms in total. The average molecular weight is 205 g/mol. The lowest BCUT2D eigenvalue weighted by Crippen LogP contribution is -2.10. The quantitative estimate of drug-likeness (QED) is 0.628. The molecule has 0 aromatic heterocycles. The zero-order valence-electron chi connectivity index (χ0n) is 6.59. The highest BCUT2D eigenvalue weighted by Gasteiger charge is 2.26. The Morgan fingerprint density at radius 3 is 2.54 bits per heavy atom. The summed E-state index contributed by atoms with van der Waals surface area (Å²) >= 11 is 0. The highest BCUT2D eigenvalue weighted by molar-refractivity contribution is 7.52. The minimum Gasteiger partial charge on any atom is -0.323 e. The lowest BCUT2D eigenvalue weighted by Gasteiger charge is -2.13. The Labute approximate surface area is 74.4 Å². The fraction of sp³-hybridized carbons (Fsp3) is 0.143. The van der Waals surface area contributed by atoms with E-state index >= 15 is 0 Å². The summed E-state index contributed by atoms with van der Waals surface area (Å²) in [7, 11) is -4.39. The lowest BCUT2D eigenvalue weighted by atomic mass is 10.2. The van der Waals surface area contributed by atoms with Gasteiger partial charge in [0.05, 0.1) is 0 Å². The molecule has 0 aliphatic rings. The van der Waals surface area contributed by atoms with Crippen molar-refractivity contribution < 1.29 is 18.7 Å². The number of benzene rings is 1. The molecule has 0 radical (unpaired) electrons. The van der Waals surface area contributed by atoms with E-state index in [1.54, 1.807) is 0 Å². The van der Waals surface area contributed by atoms with Crippen LogP contribution < -0.4 is 5.73 Å². The van der Waals surface area contributed by atoms with Gasteiger partial charge in [0.25, 0.3) is 0 Å². The van der Waals surface area contributed by atoms with Crippen LogP contribution in [0.3, 0.4) is 0 Å². The van der Waals surface area contributed by atoms with E-state index in [4.69, 9.17) is 15.5 Å². The van der Waals surface area contributed by atoms with Crippen molar-refractivity contribution in [1.29, 1.82) is 0 Å². The molecule has 0 aliphatic heterocycles. The predicted molar refractivity (Wildman–Crippen MR) is 45.4 cm³/mol. The molecule has 0 bridgehead atoms. The lowest BCUT2D eigenvalue weighted by molar-refractivity contribution is 0.359. The van der Waals surface area contributed by atoms with E-state index in [-0.39, 0.29) is 5.56 Å². The van der Waals surface area contributed by atoms with E-state index in [2.05, 4.69) is 0 Å². The summed E-state index contributed by atoms with van der Waals surface area (Å²) in [5.41, 5.74) is 5.30. The molecule has 0 unspecified atom stereocenters. The molecule has 1 aromatic carbocycles. The smallest absolute Gasteiger partial charge is 0.323 e. The van der Waals surface area contributed by atoms with Gasteiger partial charge in [-0.25, -0.2) is 4.39 Å². The molecule has 1 rings (SSSR count). The molecular formula is C7H9FNO3P. The third-order valence-corrected chi connectivity index (χ3v) is 2.58. The molecule has 1 atom stereocenters. The van der Waals surface area contributed by atoms with Crippen LogP contribution in [0, 0.1) is 5.82 Å². The van der Waals surface area contributed by atoms with Crippen LogP contribution in [-0.2, 0) is 4.57 Å². The van der Waals surface area contributed by atoms with Gasteiger partial charge < -0.3 is 15.5 Å². The molecule has 4 N–H and O–H groups in total. The van der Waals surface area contributed by atoms with Crippen LogP contribution in [0.25, 0.3) is 0 Å².